The van der Waals surface area contributed by atoms with Gasteiger partial charge in [-0.3, -0.25) is 4.98 Å². The van der Waals surface area contributed by atoms with Crippen LogP contribution in [0.5, 0.6) is 5.75 Å². The minimum atomic E-state index is -0.277. The number of rotatable bonds is 5. The van der Waals surface area contributed by atoms with Crippen molar-refractivity contribution in [1.82, 2.24) is 14.9 Å². The van der Waals surface area contributed by atoms with Crippen LogP contribution in [0.25, 0.3) is 5.69 Å². The highest BCUT2D eigenvalue weighted by molar-refractivity contribution is 7.80. The molecule has 35 heavy (non-hydrogen) atoms. The molecule has 0 saturated carbocycles. The number of halogens is 2. The fraction of sp³-hybridized carbons (Fsp3) is 0.185. The molecule has 0 bridgehead atoms. The fourth-order valence-electron chi connectivity index (χ4n) is 4.84. The van der Waals surface area contributed by atoms with E-state index in [0.29, 0.717) is 21.6 Å². The normalized spacial score (nSPS) is 17.5. The van der Waals surface area contributed by atoms with Crippen LogP contribution in [0.1, 0.15) is 34.7 Å². The van der Waals surface area contributed by atoms with Gasteiger partial charge in [-0.1, -0.05) is 29.8 Å². The summed E-state index contributed by atoms with van der Waals surface area (Å²) in [4.78, 5) is 6.66. The number of aromatic nitrogens is 2. The van der Waals surface area contributed by atoms with Crippen molar-refractivity contribution in [3.05, 3.63) is 106 Å². The Hall–Kier alpha value is -3.42. The third-order valence-electron chi connectivity index (χ3n) is 6.39. The summed E-state index contributed by atoms with van der Waals surface area (Å²) in [6, 6.07) is 19.9. The zero-order valence-electron chi connectivity index (χ0n) is 19.5. The van der Waals surface area contributed by atoms with Crippen molar-refractivity contribution in [1.29, 1.82) is 0 Å². The second-order valence-electron chi connectivity index (χ2n) is 8.43. The average molecular weight is 507 g/mol. The first-order valence-corrected chi connectivity index (χ1v) is 12.0. The molecule has 0 spiro atoms. The van der Waals surface area contributed by atoms with E-state index in [1.54, 1.807) is 25.4 Å². The predicted molar refractivity (Wildman–Crippen MR) is 141 cm³/mol. The van der Waals surface area contributed by atoms with Gasteiger partial charge in [0.15, 0.2) is 5.11 Å². The molecule has 5 nitrogen and oxygen atoms in total. The summed E-state index contributed by atoms with van der Waals surface area (Å²) in [6.45, 7) is 3.98. The average Bonchev–Trinajstić information content (AvgIpc) is 3.35. The molecule has 0 radical (unpaired) electrons. The number of anilines is 1. The first-order valence-electron chi connectivity index (χ1n) is 11.2. The van der Waals surface area contributed by atoms with Crippen LogP contribution in [0.15, 0.2) is 72.9 Å². The molecule has 8 heteroatoms. The number of methoxy groups -OCH3 is 1. The summed E-state index contributed by atoms with van der Waals surface area (Å²) >= 11 is 12.3. The molecule has 1 fully saturated rings. The topological polar surface area (TPSA) is 42.3 Å². The lowest BCUT2D eigenvalue weighted by Crippen LogP contribution is -2.29. The van der Waals surface area contributed by atoms with Crippen molar-refractivity contribution >= 4 is 34.6 Å². The van der Waals surface area contributed by atoms with Crippen LogP contribution in [0.2, 0.25) is 5.02 Å². The number of hydrogen-bond acceptors (Lipinski definition) is 3. The maximum Gasteiger partial charge on any atom is 0.174 e. The van der Waals surface area contributed by atoms with Crippen molar-refractivity contribution < 1.29 is 9.13 Å². The van der Waals surface area contributed by atoms with Gasteiger partial charge in [0.2, 0.25) is 0 Å². The molecule has 1 aliphatic heterocycles. The van der Waals surface area contributed by atoms with E-state index in [-0.39, 0.29) is 17.9 Å². The van der Waals surface area contributed by atoms with Crippen molar-refractivity contribution in [2.75, 3.05) is 12.0 Å². The molecule has 2 atom stereocenters. The van der Waals surface area contributed by atoms with Crippen molar-refractivity contribution in [2.24, 2.45) is 0 Å². The van der Waals surface area contributed by atoms with E-state index < -0.39 is 0 Å². The minimum absolute atomic E-state index is 0.223. The van der Waals surface area contributed by atoms with Gasteiger partial charge in [0.25, 0.3) is 0 Å². The molecule has 3 heterocycles. The molecule has 1 N–H and O–H groups in total. The Morgan fingerprint density at radius 2 is 1.83 bits per heavy atom. The SMILES string of the molecule is COc1ccc(N2C(=S)N[C@@H](c3ccccn3)[C@@H]2c2cc(C)n(-c3ccccc3F)c2C)cc1Cl. The number of benzene rings is 2. The largest absolute Gasteiger partial charge is 0.495 e. The molecule has 0 amide bonds. The molecule has 5 rings (SSSR count). The maximum absolute atomic E-state index is 14.8. The molecule has 0 aliphatic carbocycles. The zero-order chi connectivity index (χ0) is 24.7. The van der Waals surface area contributed by atoms with Crippen molar-refractivity contribution in [2.45, 2.75) is 25.9 Å². The van der Waals surface area contributed by atoms with Crippen LogP contribution >= 0.6 is 23.8 Å². The first-order chi connectivity index (χ1) is 16.9. The summed E-state index contributed by atoms with van der Waals surface area (Å²) < 4.78 is 22.1. The number of nitrogens with zero attached hydrogens (tertiary/aromatic N) is 3. The standard InChI is InChI=1S/C27H24ClFN4OS/c1-16-14-19(17(2)32(16)23-10-5-4-8-21(23)29)26-25(22-9-6-7-13-30-22)31-27(35)33(26)18-11-12-24(34-3)20(28)15-18/h4-15,25-26H,1-3H3,(H,31,35)/t25-,26-/m0/s1. The van der Waals surface area contributed by atoms with Crippen LogP contribution in [0.3, 0.4) is 0 Å². The first kappa shape index (κ1) is 23.3. The molecule has 0 unspecified atom stereocenters. The second kappa shape index (κ2) is 9.32. The highest BCUT2D eigenvalue weighted by atomic mass is 35.5. The van der Waals surface area contributed by atoms with Gasteiger partial charge < -0.3 is 19.5 Å². The van der Waals surface area contributed by atoms with E-state index in [9.17, 15) is 4.39 Å². The molecule has 2 aromatic heterocycles. The van der Waals surface area contributed by atoms with Gasteiger partial charge in [0.1, 0.15) is 11.6 Å². The highest BCUT2D eigenvalue weighted by Gasteiger charge is 2.42. The number of hydrogen-bond donors (Lipinski definition) is 1. The van der Waals surface area contributed by atoms with Crippen molar-refractivity contribution in [3.8, 4) is 11.4 Å². The highest BCUT2D eigenvalue weighted by Crippen LogP contribution is 2.45. The van der Waals surface area contributed by atoms with Gasteiger partial charge in [-0.05, 0) is 80.2 Å². The smallest absolute Gasteiger partial charge is 0.174 e. The Labute approximate surface area is 214 Å². The Kier molecular flexibility index (Phi) is 6.21. The summed E-state index contributed by atoms with van der Waals surface area (Å²) in [6.07, 6.45) is 1.77. The number of aryl methyl sites for hydroxylation is 1. The molecular weight excluding hydrogens is 483 g/mol. The van der Waals surface area contributed by atoms with Gasteiger partial charge >= 0.3 is 0 Å². The van der Waals surface area contributed by atoms with Gasteiger partial charge in [-0.25, -0.2) is 4.39 Å². The zero-order valence-corrected chi connectivity index (χ0v) is 21.1. The lowest BCUT2D eigenvalue weighted by Gasteiger charge is -2.28. The Morgan fingerprint density at radius 1 is 1.06 bits per heavy atom. The van der Waals surface area contributed by atoms with E-state index in [2.05, 4.69) is 16.4 Å². The molecule has 178 valence electrons. The maximum atomic E-state index is 14.8. The Morgan fingerprint density at radius 3 is 2.51 bits per heavy atom. The number of ether oxygens (including phenoxy) is 1. The van der Waals surface area contributed by atoms with Crippen LogP contribution in [0, 0.1) is 19.7 Å². The van der Waals surface area contributed by atoms with Crippen LogP contribution in [-0.4, -0.2) is 21.8 Å². The molecule has 1 aliphatic rings. The molecule has 2 aromatic carbocycles. The monoisotopic (exact) mass is 506 g/mol. The van der Waals surface area contributed by atoms with Crippen molar-refractivity contribution in [3.63, 3.8) is 0 Å². The van der Waals surface area contributed by atoms with E-state index in [1.165, 1.54) is 6.07 Å². The van der Waals surface area contributed by atoms with Crippen LogP contribution < -0.4 is 15.0 Å². The number of pyridine rings is 1. The number of para-hydroxylation sites is 1. The summed E-state index contributed by atoms with van der Waals surface area (Å²) in [7, 11) is 1.58. The lowest BCUT2D eigenvalue weighted by atomic mass is 9.96. The summed E-state index contributed by atoms with van der Waals surface area (Å²) in [5.41, 5.74) is 5.06. The molecular formula is C27H24ClFN4OS. The van der Waals surface area contributed by atoms with Gasteiger partial charge in [-0.2, -0.15) is 0 Å². The number of thiocarbonyl (C=S) groups is 1. The quantitative estimate of drug-likeness (QED) is 0.314. The van der Waals surface area contributed by atoms with E-state index in [4.69, 9.17) is 28.6 Å². The van der Waals surface area contributed by atoms with Gasteiger partial charge in [0.05, 0.1) is 35.6 Å². The fourth-order valence-corrected chi connectivity index (χ4v) is 5.44. The summed E-state index contributed by atoms with van der Waals surface area (Å²) in [5.74, 6) is 0.310. The van der Waals surface area contributed by atoms with Crippen LogP contribution in [-0.2, 0) is 0 Å². The third kappa shape index (κ3) is 4.05. The summed E-state index contributed by atoms with van der Waals surface area (Å²) in [5, 5.41) is 4.51. The van der Waals surface area contributed by atoms with E-state index >= 15 is 0 Å². The lowest BCUT2D eigenvalue weighted by molar-refractivity contribution is 0.415. The van der Waals surface area contributed by atoms with Gasteiger partial charge in [-0.15, -0.1) is 0 Å². The Balaban J connectivity index is 1.69. The predicted octanol–water partition coefficient (Wildman–Crippen LogP) is 6.47. The molecule has 1 saturated heterocycles. The molecule has 4 aromatic rings. The van der Waals surface area contributed by atoms with Crippen LogP contribution in [0.4, 0.5) is 10.1 Å². The second-order valence-corrected chi connectivity index (χ2v) is 9.22. The third-order valence-corrected chi connectivity index (χ3v) is 7.00. The van der Waals surface area contributed by atoms with Gasteiger partial charge in [0, 0.05) is 23.3 Å². The van der Waals surface area contributed by atoms with E-state index in [1.807, 2.05) is 65.8 Å². The minimum Gasteiger partial charge on any atom is -0.495 e. The number of nitrogens with one attached hydrogen (secondary N) is 1. The van der Waals surface area contributed by atoms with E-state index in [0.717, 1.165) is 28.3 Å². The Bertz CT molecular complexity index is 1410.